The van der Waals surface area contributed by atoms with Gasteiger partial charge in [0.2, 0.25) is 0 Å². The summed E-state index contributed by atoms with van der Waals surface area (Å²) >= 11 is 3.47. The van der Waals surface area contributed by atoms with Gasteiger partial charge in [0, 0.05) is 4.47 Å². The maximum atomic E-state index is 11.3. The number of hydrogen-bond donors (Lipinski definition) is 1. The highest BCUT2D eigenvalue weighted by Gasteiger charge is 2.14. The number of fused-ring (bicyclic) bond motifs is 1. The van der Waals surface area contributed by atoms with Gasteiger partial charge in [-0.15, -0.1) is 0 Å². The SMILES string of the molecule is COC(=O)COc1cc(Br)c(/C=C(/C#N)c2nc3ccc(C)cc3[nH]2)cc1OC. The second-order valence-electron chi connectivity index (χ2n) is 6.17. The molecule has 2 aromatic carbocycles. The van der Waals surface area contributed by atoms with E-state index in [0.29, 0.717) is 32.9 Å². The molecule has 1 N–H and O–H groups in total. The van der Waals surface area contributed by atoms with Gasteiger partial charge in [-0.3, -0.25) is 0 Å². The van der Waals surface area contributed by atoms with Crippen LogP contribution in [0.3, 0.4) is 0 Å². The predicted octanol–water partition coefficient (Wildman–Crippen LogP) is 4.26. The van der Waals surface area contributed by atoms with Crippen LogP contribution in [0.15, 0.2) is 34.8 Å². The van der Waals surface area contributed by atoms with Gasteiger partial charge in [0.05, 0.1) is 30.8 Å². The fraction of sp³-hybridized carbons (Fsp3) is 0.190. The number of aryl methyl sites for hydroxylation is 1. The van der Waals surface area contributed by atoms with Crippen LogP contribution in [0.5, 0.6) is 11.5 Å². The van der Waals surface area contributed by atoms with E-state index in [2.05, 4.69) is 36.7 Å². The third kappa shape index (κ3) is 4.58. The molecule has 1 aromatic heterocycles. The Morgan fingerprint density at radius 2 is 2.07 bits per heavy atom. The number of H-pyrrole nitrogens is 1. The quantitative estimate of drug-likeness (QED) is 0.440. The third-order valence-electron chi connectivity index (χ3n) is 4.17. The standard InChI is InChI=1S/C21H18BrN3O4/c1-12-4-5-16-17(6-12)25-21(24-16)14(10-23)7-13-8-18(27-2)19(9-15(13)22)29-11-20(26)28-3/h4-9H,11H2,1-3H3,(H,24,25)/b14-7-. The first kappa shape index (κ1) is 20.4. The number of benzene rings is 2. The lowest BCUT2D eigenvalue weighted by molar-refractivity contribution is -0.142. The molecule has 0 spiro atoms. The molecule has 0 aliphatic carbocycles. The molecule has 0 aliphatic rings. The van der Waals surface area contributed by atoms with Gasteiger partial charge in [0.1, 0.15) is 11.9 Å². The van der Waals surface area contributed by atoms with Crippen LogP contribution in [0.25, 0.3) is 22.7 Å². The zero-order chi connectivity index (χ0) is 21.0. The smallest absolute Gasteiger partial charge is 0.343 e. The Labute approximate surface area is 176 Å². The number of carbonyl (C=O) groups excluding carboxylic acids is 1. The molecule has 1 heterocycles. The minimum Gasteiger partial charge on any atom is -0.493 e. The Kier molecular flexibility index (Phi) is 6.20. The summed E-state index contributed by atoms with van der Waals surface area (Å²) in [7, 11) is 2.78. The Bertz CT molecular complexity index is 1140. The number of nitrogens with one attached hydrogen (secondary N) is 1. The highest BCUT2D eigenvalue weighted by atomic mass is 79.9. The van der Waals surface area contributed by atoms with E-state index < -0.39 is 5.97 Å². The van der Waals surface area contributed by atoms with Crippen LogP contribution in [0.2, 0.25) is 0 Å². The number of nitrogens with zero attached hydrogens (tertiary/aromatic N) is 2. The largest absolute Gasteiger partial charge is 0.493 e. The first-order valence-electron chi connectivity index (χ1n) is 8.61. The molecule has 8 heteroatoms. The van der Waals surface area contributed by atoms with Gasteiger partial charge >= 0.3 is 5.97 Å². The number of methoxy groups -OCH3 is 2. The van der Waals surface area contributed by atoms with E-state index in [9.17, 15) is 10.1 Å². The van der Waals surface area contributed by atoms with Crippen molar-refractivity contribution >= 4 is 44.6 Å². The Morgan fingerprint density at radius 1 is 1.28 bits per heavy atom. The molecular formula is C21H18BrN3O4. The van der Waals surface area contributed by atoms with Crippen molar-refractivity contribution in [2.45, 2.75) is 6.92 Å². The Hall–Kier alpha value is -3.31. The summed E-state index contributed by atoms with van der Waals surface area (Å²) in [5, 5.41) is 9.66. The summed E-state index contributed by atoms with van der Waals surface area (Å²) in [5.41, 5.74) is 3.81. The molecule has 29 heavy (non-hydrogen) atoms. The van der Waals surface area contributed by atoms with Crippen molar-refractivity contribution in [2.24, 2.45) is 0 Å². The predicted molar refractivity (Wildman–Crippen MR) is 113 cm³/mol. The van der Waals surface area contributed by atoms with E-state index in [-0.39, 0.29) is 6.61 Å². The fourth-order valence-electron chi connectivity index (χ4n) is 2.69. The second kappa shape index (κ2) is 8.80. The molecule has 0 saturated carbocycles. The van der Waals surface area contributed by atoms with Crippen LogP contribution >= 0.6 is 15.9 Å². The van der Waals surface area contributed by atoms with E-state index >= 15 is 0 Å². The number of esters is 1. The minimum absolute atomic E-state index is 0.240. The Morgan fingerprint density at radius 3 is 2.76 bits per heavy atom. The van der Waals surface area contributed by atoms with Gasteiger partial charge < -0.3 is 19.2 Å². The molecule has 0 bridgehead atoms. The van der Waals surface area contributed by atoms with Crippen LogP contribution < -0.4 is 9.47 Å². The topological polar surface area (TPSA) is 97.2 Å². The average molecular weight is 456 g/mol. The fourth-order valence-corrected chi connectivity index (χ4v) is 3.13. The summed E-state index contributed by atoms with van der Waals surface area (Å²) in [5.74, 6) is 0.768. The molecule has 0 fully saturated rings. The van der Waals surface area contributed by atoms with Gasteiger partial charge in [0.25, 0.3) is 0 Å². The first-order valence-corrected chi connectivity index (χ1v) is 9.40. The van der Waals surface area contributed by atoms with Crippen LogP contribution in [-0.2, 0) is 9.53 Å². The number of rotatable bonds is 6. The third-order valence-corrected chi connectivity index (χ3v) is 4.86. The van der Waals surface area contributed by atoms with Gasteiger partial charge in [-0.2, -0.15) is 5.26 Å². The second-order valence-corrected chi connectivity index (χ2v) is 7.02. The van der Waals surface area contributed by atoms with E-state index in [0.717, 1.165) is 16.6 Å². The van der Waals surface area contributed by atoms with Crippen LogP contribution in [-0.4, -0.2) is 36.8 Å². The molecule has 3 aromatic rings. The van der Waals surface area contributed by atoms with E-state index in [1.807, 2.05) is 25.1 Å². The summed E-state index contributed by atoms with van der Waals surface area (Å²) in [6.45, 7) is 1.75. The van der Waals surface area contributed by atoms with E-state index in [4.69, 9.17) is 9.47 Å². The van der Waals surface area contributed by atoms with Crippen molar-refractivity contribution in [1.82, 2.24) is 9.97 Å². The number of hydrogen-bond acceptors (Lipinski definition) is 6. The normalized spacial score (nSPS) is 11.2. The van der Waals surface area contributed by atoms with Crippen molar-refractivity contribution in [3.05, 3.63) is 51.8 Å². The van der Waals surface area contributed by atoms with Crippen LogP contribution in [0.4, 0.5) is 0 Å². The van der Waals surface area contributed by atoms with Gasteiger partial charge in [-0.05, 0) is 48.4 Å². The molecule has 0 saturated heterocycles. The summed E-state index contributed by atoms with van der Waals surface area (Å²) in [4.78, 5) is 19.0. The number of halogens is 1. The van der Waals surface area contributed by atoms with Crippen LogP contribution in [0, 0.1) is 18.3 Å². The monoisotopic (exact) mass is 455 g/mol. The molecular weight excluding hydrogens is 438 g/mol. The summed E-state index contributed by atoms with van der Waals surface area (Å²) < 4.78 is 16.0. The average Bonchev–Trinajstić information content (AvgIpc) is 3.13. The highest BCUT2D eigenvalue weighted by molar-refractivity contribution is 9.10. The van der Waals surface area contributed by atoms with Crippen molar-refractivity contribution in [2.75, 3.05) is 20.8 Å². The lowest BCUT2D eigenvalue weighted by Crippen LogP contribution is -2.13. The molecule has 7 nitrogen and oxygen atoms in total. The lowest BCUT2D eigenvalue weighted by Gasteiger charge is -2.12. The van der Waals surface area contributed by atoms with Crippen molar-refractivity contribution in [1.29, 1.82) is 5.26 Å². The van der Waals surface area contributed by atoms with Crippen molar-refractivity contribution in [3.63, 3.8) is 0 Å². The maximum absolute atomic E-state index is 11.3. The molecule has 3 rings (SSSR count). The highest BCUT2D eigenvalue weighted by Crippen LogP contribution is 2.35. The minimum atomic E-state index is -0.501. The first-order chi connectivity index (χ1) is 13.9. The summed E-state index contributed by atoms with van der Waals surface area (Å²) in [6.07, 6.45) is 1.70. The lowest BCUT2D eigenvalue weighted by atomic mass is 10.1. The molecule has 0 radical (unpaired) electrons. The number of ether oxygens (including phenoxy) is 3. The molecule has 0 amide bonds. The summed E-state index contributed by atoms with van der Waals surface area (Å²) in [6, 6.07) is 11.4. The van der Waals surface area contributed by atoms with Crippen molar-refractivity contribution in [3.8, 4) is 17.6 Å². The number of nitriles is 1. The molecule has 148 valence electrons. The van der Waals surface area contributed by atoms with E-state index in [1.165, 1.54) is 14.2 Å². The zero-order valence-electron chi connectivity index (χ0n) is 16.1. The van der Waals surface area contributed by atoms with Crippen LogP contribution in [0.1, 0.15) is 17.0 Å². The number of allylic oxidation sites excluding steroid dienone is 1. The van der Waals surface area contributed by atoms with Gasteiger partial charge in [0.15, 0.2) is 18.1 Å². The number of aromatic amines is 1. The number of aromatic nitrogens is 2. The number of imidazole rings is 1. The van der Waals surface area contributed by atoms with E-state index in [1.54, 1.807) is 18.2 Å². The van der Waals surface area contributed by atoms with Gasteiger partial charge in [-0.1, -0.05) is 22.0 Å². The number of carbonyl (C=O) groups is 1. The molecule has 0 unspecified atom stereocenters. The van der Waals surface area contributed by atoms with Gasteiger partial charge in [-0.25, -0.2) is 9.78 Å². The maximum Gasteiger partial charge on any atom is 0.343 e. The van der Waals surface area contributed by atoms with Crippen molar-refractivity contribution < 1.29 is 19.0 Å². The molecule has 0 atom stereocenters. The molecule has 0 aliphatic heterocycles. The zero-order valence-corrected chi connectivity index (χ0v) is 17.7. The Balaban J connectivity index is 1.98.